The van der Waals surface area contributed by atoms with Gasteiger partial charge >= 0.3 is 6.18 Å². The lowest BCUT2D eigenvalue weighted by Gasteiger charge is -1.98. The highest BCUT2D eigenvalue weighted by molar-refractivity contribution is 8.15. The molecule has 0 fully saturated rings. The van der Waals surface area contributed by atoms with Crippen LogP contribution >= 0.6 is 22.0 Å². The SMILES string of the molecule is Cn1nc(C(F)(F)F)cc1-c1ccc(S(=O)(=O)Cl)s1. The Hall–Kier alpha value is -1.06. The molecule has 0 aliphatic rings. The first-order chi connectivity index (χ1) is 8.59. The molecule has 2 rings (SSSR count). The molecule has 2 aromatic rings. The van der Waals surface area contributed by atoms with Crippen molar-refractivity contribution in [2.75, 3.05) is 0 Å². The van der Waals surface area contributed by atoms with Crippen molar-refractivity contribution < 1.29 is 21.6 Å². The molecule has 0 N–H and O–H groups in total. The van der Waals surface area contributed by atoms with Gasteiger partial charge in [-0.05, 0) is 18.2 Å². The zero-order valence-electron chi connectivity index (χ0n) is 9.27. The fraction of sp³-hybridized carbons (Fsp3) is 0.222. The molecule has 0 bridgehead atoms. The van der Waals surface area contributed by atoms with E-state index in [4.69, 9.17) is 10.7 Å². The van der Waals surface area contributed by atoms with Crippen LogP contribution in [-0.4, -0.2) is 18.2 Å². The number of thiophene rings is 1. The lowest BCUT2D eigenvalue weighted by atomic mass is 10.3. The maximum atomic E-state index is 12.5. The van der Waals surface area contributed by atoms with Gasteiger partial charge in [-0.15, -0.1) is 11.3 Å². The minimum absolute atomic E-state index is 0.126. The summed E-state index contributed by atoms with van der Waals surface area (Å²) >= 11 is 0.783. The molecule has 0 aliphatic carbocycles. The quantitative estimate of drug-likeness (QED) is 0.795. The average Bonchev–Trinajstić information content (AvgIpc) is 2.80. The second kappa shape index (κ2) is 4.50. The second-order valence-electron chi connectivity index (χ2n) is 3.59. The van der Waals surface area contributed by atoms with Gasteiger partial charge in [0, 0.05) is 17.7 Å². The third-order valence-electron chi connectivity index (χ3n) is 2.24. The molecule has 2 aromatic heterocycles. The molecule has 4 nitrogen and oxygen atoms in total. The fourth-order valence-corrected chi connectivity index (χ4v) is 3.55. The van der Waals surface area contributed by atoms with E-state index >= 15 is 0 Å². The van der Waals surface area contributed by atoms with Crippen LogP contribution in [0.4, 0.5) is 13.2 Å². The van der Waals surface area contributed by atoms with Crippen molar-refractivity contribution in [1.29, 1.82) is 0 Å². The van der Waals surface area contributed by atoms with Crippen LogP contribution in [0.1, 0.15) is 5.69 Å². The van der Waals surface area contributed by atoms with E-state index in [0.717, 1.165) is 22.1 Å². The van der Waals surface area contributed by atoms with Crippen LogP contribution in [0.25, 0.3) is 10.6 Å². The third-order valence-corrected chi connectivity index (χ3v) is 5.44. The highest BCUT2D eigenvalue weighted by atomic mass is 35.7. The molecule has 0 aliphatic heterocycles. The van der Waals surface area contributed by atoms with Gasteiger partial charge < -0.3 is 0 Å². The number of hydrogen-bond acceptors (Lipinski definition) is 4. The summed E-state index contributed by atoms with van der Waals surface area (Å²) in [7, 11) is 2.62. The van der Waals surface area contributed by atoms with E-state index in [9.17, 15) is 21.6 Å². The Balaban J connectivity index is 2.49. The first-order valence-corrected chi connectivity index (χ1v) is 7.88. The van der Waals surface area contributed by atoms with Crippen LogP contribution in [0.5, 0.6) is 0 Å². The Labute approximate surface area is 114 Å². The zero-order chi connectivity index (χ0) is 14.4. The number of rotatable bonds is 2. The van der Waals surface area contributed by atoms with Crippen LogP contribution in [0.2, 0.25) is 0 Å². The topological polar surface area (TPSA) is 52.0 Å². The molecule has 19 heavy (non-hydrogen) atoms. The standard InChI is InChI=1S/C9H6ClF3N2O2S2/c1-15-5(4-7(14-15)9(11,12)13)6-2-3-8(18-6)19(10,16)17/h2-4H,1H3. The molecule has 0 saturated carbocycles. The number of hydrogen-bond donors (Lipinski definition) is 0. The Morgan fingerprint density at radius 1 is 1.37 bits per heavy atom. The summed E-state index contributed by atoms with van der Waals surface area (Å²) in [6.07, 6.45) is -4.55. The summed E-state index contributed by atoms with van der Waals surface area (Å²) in [5, 5.41) is 3.35. The molecule has 0 saturated heterocycles. The molecule has 0 radical (unpaired) electrons. The number of halogens is 4. The van der Waals surface area contributed by atoms with Crippen LogP contribution in [-0.2, 0) is 22.3 Å². The fourth-order valence-electron chi connectivity index (χ4n) is 1.43. The predicted molar refractivity (Wildman–Crippen MR) is 64.6 cm³/mol. The molecule has 10 heteroatoms. The number of aromatic nitrogens is 2. The Bertz CT molecular complexity index is 718. The normalized spacial score (nSPS) is 12.9. The van der Waals surface area contributed by atoms with E-state index in [-0.39, 0.29) is 9.90 Å². The first kappa shape index (κ1) is 14.4. The predicted octanol–water partition coefficient (Wildman–Crippen LogP) is 3.09. The van der Waals surface area contributed by atoms with Crippen LogP contribution in [0, 0.1) is 0 Å². The second-order valence-corrected chi connectivity index (χ2v) is 7.47. The van der Waals surface area contributed by atoms with E-state index in [1.165, 1.54) is 19.2 Å². The van der Waals surface area contributed by atoms with E-state index in [0.29, 0.717) is 4.88 Å². The number of aryl methyl sites for hydroxylation is 1. The van der Waals surface area contributed by atoms with E-state index in [1.54, 1.807) is 0 Å². The summed E-state index contributed by atoms with van der Waals surface area (Å²) in [6, 6.07) is 3.48. The van der Waals surface area contributed by atoms with Gasteiger partial charge in [0.15, 0.2) is 5.69 Å². The van der Waals surface area contributed by atoms with Crippen molar-refractivity contribution in [3.63, 3.8) is 0 Å². The van der Waals surface area contributed by atoms with Crippen LogP contribution < -0.4 is 0 Å². The minimum Gasteiger partial charge on any atom is -0.267 e. The van der Waals surface area contributed by atoms with Gasteiger partial charge in [0.1, 0.15) is 4.21 Å². The van der Waals surface area contributed by atoms with Crippen molar-refractivity contribution in [1.82, 2.24) is 9.78 Å². The average molecular weight is 331 g/mol. The summed E-state index contributed by atoms with van der Waals surface area (Å²) in [5.41, 5.74) is -0.863. The van der Waals surface area contributed by atoms with Gasteiger partial charge in [-0.2, -0.15) is 18.3 Å². The molecule has 0 unspecified atom stereocenters. The van der Waals surface area contributed by atoms with Gasteiger partial charge in [-0.3, -0.25) is 4.68 Å². The maximum Gasteiger partial charge on any atom is 0.435 e. The largest absolute Gasteiger partial charge is 0.435 e. The van der Waals surface area contributed by atoms with Crippen molar-refractivity contribution >= 4 is 31.1 Å². The lowest BCUT2D eigenvalue weighted by molar-refractivity contribution is -0.141. The van der Waals surface area contributed by atoms with Crippen LogP contribution in [0.3, 0.4) is 0 Å². The van der Waals surface area contributed by atoms with Gasteiger partial charge in [0.05, 0.1) is 10.6 Å². The Kier molecular flexibility index (Phi) is 3.40. The molecule has 0 amide bonds. The number of nitrogens with zero attached hydrogens (tertiary/aromatic N) is 2. The van der Waals surface area contributed by atoms with Crippen molar-refractivity contribution in [3.8, 4) is 10.6 Å². The van der Waals surface area contributed by atoms with Crippen molar-refractivity contribution in [2.24, 2.45) is 7.05 Å². The molecule has 0 aromatic carbocycles. The van der Waals surface area contributed by atoms with Crippen molar-refractivity contribution in [3.05, 3.63) is 23.9 Å². The number of alkyl halides is 3. The van der Waals surface area contributed by atoms with Gasteiger partial charge in [-0.25, -0.2) is 8.42 Å². The van der Waals surface area contributed by atoms with E-state index < -0.39 is 20.9 Å². The minimum atomic E-state index is -4.55. The highest BCUT2D eigenvalue weighted by Gasteiger charge is 2.34. The first-order valence-electron chi connectivity index (χ1n) is 4.75. The summed E-state index contributed by atoms with van der Waals surface area (Å²) in [5.74, 6) is 0. The zero-order valence-corrected chi connectivity index (χ0v) is 11.7. The van der Waals surface area contributed by atoms with Gasteiger partial charge in [-0.1, -0.05) is 0 Å². The summed E-state index contributed by atoms with van der Waals surface area (Å²) < 4.78 is 60.6. The Morgan fingerprint density at radius 2 is 2.00 bits per heavy atom. The third kappa shape index (κ3) is 2.93. The van der Waals surface area contributed by atoms with E-state index in [1.807, 2.05) is 0 Å². The summed E-state index contributed by atoms with van der Waals surface area (Å²) in [4.78, 5) is 0.338. The molecule has 2 heterocycles. The van der Waals surface area contributed by atoms with E-state index in [2.05, 4.69) is 5.10 Å². The Morgan fingerprint density at radius 3 is 2.42 bits per heavy atom. The summed E-state index contributed by atoms with van der Waals surface area (Å²) in [6.45, 7) is 0. The monoisotopic (exact) mass is 330 g/mol. The molecule has 0 atom stereocenters. The molecule has 104 valence electrons. The molecular weight excluding hydrogens is 325 g/mol. The van der Waals surface area contributed by atoms with Gasteiger partial charge in [0.2, 0.25) is 0 Å². The highest BCUT2D eigenvalue weighted by Crippen LogP contribution is 2.35. The lowest BCUT2D eigenvalue weighted by Crippen LogP contribution is -2.06. The van der Waals surface area contributed by atoms with Crippen molar-refractivity contribution in [2.45, 2.75) is 10.4 Å². The smallest absolute Gasteiger partial charge is 0.267 e. The van der Waals surface area contributed by atoms with Gasteiger partial charge in [0.25, 0.3) is 9.05 Å². The maximum absolute atomic E-state index is 12.5. The van der Waals surface area contributed by atoms with Crippen LogP contribution in [0.15, 0.2) is 22.4 Å². The molecule has 0 spiro atoms. The molecular formula is C9H6ClF3N2O2S2.